The first kappa shape index (κ1) is 19.6. The van der Waals surface area contributed by atoms with Crippen molar-refractivity contribution < 1.29 is 9.90 Å². The highest BCUT2D eigenvalue weighted by atomic mass is 16.3. The maximum absolute atomic E-state index is 12.5. The second-order valence-electron chi connectivity index (χ2n) is 5.75. The Morgan fingerprint density at radius 1 is 1.29 bits per heavy atom. The minimum atomic E-state index is -0.274. The summed E-state index contributed by atoms with van der Waals surface area (Å²) in [5.41, 5.74) is 2.19. The van der Waals surface area contributed by atoms with Crippen molar-refractivity contribution in [2.45, 2.75) is 46.0 Å². The number of nitrogens with one attached hydrogen (secondary N) is 1. The van der Waals surface area contributed by atoms with Crippen molar-refractivity contribution in [2.75, 3.05) is 6.54 Å². The molecule has 0 atom stereocenters. The Kier molecular flexibility index (Phi) is 9.07. The number of unbranched alkanes of at least 4 members (excludes halogenated alkanes) is 2. The predicted octanol–water partition coefficient (Wildman–Crippen LogP) is 4.32. The zero-order chi connectivity index (χ0) is 17.8. The average molecular weight is 325 g/mol. The zero-order valence-corrected chi connectivity index (χ0v) is 14.6. The van der Waals surface area contributed by atoms with Gasteiger partial charge in [-0.25, -0.2) is 0 Å². The van der Waals surface area contributed by atoms with Gasteiger partial charge in [-0.3, -0.25) is 4.79 Å². The standard InChI is InChI=1S/C21H27NO2/c1-4-6-8-14-19(11-5-2)20(17(3)23)21(24)22-16-15-18-12-9-7-10-13-18/h2,7,9-13,23H,4,6,8,14-16H2,1,3H3,(H,22,24)/b19-11-,20-17-. The van der Waals surface area contributed by atoms with Crippen LogP contribution in [0.25, 0.3) is 0 Å². The van der Waals surface area contributed by atoms with Crippen molar-refractivity contribution in [1.29, 1.82) is 0 Å². The van der Waals surface area contributed by atoms with Gasteiger partial charge in [0.25, 0.3) is 5.91 Å². The quantitative estimate of drug-likeness (QED) is 0.234. The molecule has 128 valence electrons. The Morgan fingerprint density at radius 3 is 2.58 bits per heavy atom. The molecule has 1 aromatic carbocycles. The highest BCUT2D eigenvalue weighted by molar-refractivity contribution is 5.98. The maximum atomic E-state index is 12.5. The molecule has 24 heavy (non-hydrogen) atoms. The molecule has 0 saturated heterocycles. The average Bonchev–Trinajstić information content (AvgIpc) is 2.56. The topological polar surface area (TPSA) is 49.3 Å². The Balaban J connectivity index is 2.72. The Morgan fingerprint density at radius 2 is 2.00 bits per heavy atom. The Labute approximate surface area is 145 Å². The Bertz CT molecular complexity index is 617. The van der Waals surface area contributed by atoms with Gasteiger partial charge in [0, 0.05) is 6.54 Å². The van der Waals surface area contributed by atoms with Gasteiger partial charge in [0.05, 0.1) is 5.57 Å². The fourth-order valence-electron chi connectivity index (χ4n) is 2.53. The van der Waals surface area contributed by atoms with E-state index in [1.165, 1.54) is 6.92 Å². The first-order valence-electron chi connectivity index (χ1n) is 8.47. The van der Waals surface area contributed by atoms with E-state index in [1.54, 1.807) is 6.08 Å². The maximum Gasteiger partial charge on any atom is 0.254 e. The first-order valence-corrected chi connectivity index (χ1v) is 8.47. The summed E-state index contributed by atoms with van der Waals surface area (Å²) in [6.45, 7) is 4.16. The van der Waals surface area contributed by atoms with Gasteiger partial charge in [-0.1, -0.05) is 56.0 Å². The van der Waals surface area contributed by atoms with Crippen molar-refractivity contribution >= 4 is 5.91 Å². The van der Waals surface area contributed by atoms with Crippen LogP contribution in [-0.2, 0) is 11.2 Å². The van der Waals surface area contributed by atoms with Crippen LogP contribution in [0.1, 0.15) is 45.1 Å². The fraction of sp³-hybridized carbons (Fsp3) is 0.381. The van der Waals surface area contributed by atoms with E-state index in [4.69, 9.17) is 6.42 Å². The number of carbonyl (C=O) groups is 1. The van der Waals surface area contributed by atoms with Crippen molar-refractivity contribution in [1.82, 2.24) is 5.32 Å². The van der Waals surface area contributed by atoms with Crippen LogP contribution in [-0.4, -0.2) is 17.6 Å². The third kappa shape index (κ3) is 6.75. The van der Waals surface area contributed by atoms with E-state index in [9.17, 15) is 9.90 Å². The van der Waals surface area contributed by atoms with E-state index < -0.39 is 0 Å². The SMILES string of the molecule is C#C/C=C(CCCCC)\C(C(=O)NCCc1ccccc1)=C(/C)O. The largest absolute Gasteiger partial charge is 0.512 e. The molecule has 0 aliphatic rings. The van der Waals surface area contributed by atoms with E-state index in [0.717, 1.165) is 36.8 Å². The minimum absolute atomic E-state index is 0.00482. The van der Waals surface area contributed by atoms with E-state index in [-0.39, 0.29) is 11.7 Å². The van der Waals surface area contributed by atoms with Crippen molar-refractivity contribution in [2.24, 2.45) is 0 Å². The molecule has 0 spiro atoms. The van der Waals surface area contributed by atoms with Gasteiger partial charge in [0.1, 0.15) is 5.76 Å². The van der Waals surface area contributed by atoms with E-state index >= 15 is 0 Å². The number of carbonyl (C=O) groups excluding carboxylic acids is 1. The van der Waals surface area contributed by atoms with Gasteiger partial charge in [-0.05, 0) is 43.4 Å². The van der Waals surface area contributed by atoms with Crippen LogP contribution < -0.4 is 5.32 Å². The van der Waals surface area contributed by atoms with Gasteiger partial charge in [0.15, 0.2) is 0 Å². The number of allylic oxidation sites excluding steroid dienone is 2. The highest BCUT2D eigenvalue weighted by Crippen LogP contribution is 2.20. The van der Waals surface area contributed by atoms with Gasteiger partial charge >= 0.3 is 0 Å². The summed E-state index contributed by atoms with van der Waals surface area (Å²) < 4.78 is 0. The molecule has 1 amide bonds. The molecule has 0 unspecified atom stereocenters. The van der Waals surface area contributed by atoms with Crippen LogP contribution >= 0.6 is 0 Å². The zero-order valence-electron chi connectivity index (χ0n) is 14.6. The summed E-state index contributed by atoms with van der Waals surface area (Å²) in [4.78, 5) is 12.5. The lowest BCUT2D eigenvalue weighted by atomic mass is 9.97. The van der Waals surface area contributed by atoms with Crippen LogP contribution in [0.15, 0.2) is 53.3 Å². The lowest BCUT2D eigenvalue weighted by molar-refractivity contribution is -0.117. The molecule has 0 aromatic heterocycles. The van der Waals surface area contributed by atoms with Crippen molar-refractivity contribution in [3.8, 4) is 12.3 Å². The van der Waals surface area contributed by atoms with Crippen LogP contribution in [0.5, 0.6) is 0 Å². The van der Waals surface area contributed by atoms with Crippen molar-refractivity contribution in [3.05, 3.63) is 58.9 Å². The summed E-state index contributed by atoms with van der Waals surface area (Å²) in [5.74, 6) is 2.21. The van der Waals surface area contributed by atoms with Crippen LogP contribution in [0, 0.1) is 12.3 Å². The summed E-state index contributed by atoms with van der Waals surface area (Å²) in [6.07, 6.45) is 11.5. The molecule has 3 nitrogen and oxygen atoms in total. The smallest absolute Gasteiger partial charge is 0.254 e. The second-order valence-corrected chi connectivity index (χ2v) is 5.75. The molecule has 0 fully saturated rings. The van der Waals surface area contributed by atoms with Crippen LogP contribution in [0.3, 0.4) is 0 Å². The molecule has 1 aromatic rings. The molecule has 0 radical (unpaired) electrons. The summed E-state index contributed by atoms with van der Waals surface area (Å²) in [5, 5.41) is 12.8. The van der Waals surface area contributed by atoms with Crippen molar-refractivity contribution in [3.63, 3.8) is 0 Å². The van der Waals surface area contributed by atoms with Gasteiger partial charge in [-0.2, -0.15) is 0 Å². The summed E-state index contributed by atoms with van der Waals surface area (Å²) in [6, 6.07) is 9.96. The number of aliphatic hydroxyl groups excluding tert-OH is 1. The summed E-state index contributed by atoms with van der Waals surface area (Å²) >= 11 is 0. The highest BCUT2D eigenvalue weighted by Gasteiger charge is 2.17. The Hall–Kier alpha value is -2.47. The van der Waals surface area contributed by atoms with Gasteiger partial charge < -0.3 is 10.4 Å². The van der Waals surface area contributed by atoms with Gasteiger partial charge in [0.2, 0.25) is 0 Å². The van der Waals surface area contributed by atoms with Crippen LogP contribution in [0.4, 0.5) is 0 Å². The molecule has 0 aliphatic heterocycles. The molecule has 0 aliphatic carbocycles. The van der Waals surface area contributed by atoms with E-state index in [0.29, 0.717) is 18.5 Å². The number of benzene rings is 1. The number of aliphatic hydroxyl groups is 1. The third-order valence-corrected chi connectivity index (χ3v) is 3.76. The minimum Gasteiger partial charge on any atom is -0.512 e. The van der Waals surface area contributed by atoms with E-state index in [1.807, 2.05) is 30.3 Å². The normalized spacial score (nSPS) is 12.3. The number of terminal acetylenes is 1. The predicted molar refractivity (Wildman–Crippen MR) is 99.5 cm³/mol. The molecular formula is C21H27NO2. The van der Waals surface area contributed by atoms with Crippen LogP contribution in [0.2, 0.25) is 0 Å². The lowest BCUT2D eigenvalue weighted by Gasteiger charge is -2.13. The fourth-order valence-corrected chi connectivity index (χ4v) is 2.53. The monoisotopic (exact) mass is 325 g/mol. The number of hydrogen-bond donors (Lipinski definition) is 2. The molecule has 2 N–H and O–H groups in total. The molecule has 0 saturated carbocycles. The third-order valence-electron chi connectivity index (χ3n) is 3.76. The summed E-state index contributed by atoms with van der Waals surface area (Å²) in [7, 11) is 0. The molecular weight excluding hydrogens is 298 g/mol. The number of amides is 1. The molecule has 3 heteroatoms. The lowest BCUT2D eigenvalue weighted by Crippen LogP contribution is -2.28. The number of hydrogen-bond acceptors (Lipinski definition) is 2. The van der Waals surface area contributed by atoms with E-state index in [2.05, 4.69) is 18.2 Å². The second kappa shape index (κ2) is 11.1. The molecule has 0 bridgehead atoms. The molecule has 1 rings (SSSR count). The first-order chi connectivity index (χ1) is 11.6. The molecule has 0 heterocycles. The van der Waals surface area contributed by atoms with Gasteiger partial charge in [-0.15, -0.1) is 6.42 Å². The number of rotatable bonds is 9.